The molecule has 0 spiro atoms. The monoisotopic (exact) mass is 311 g/mol. The molecule has 0 saturated heterocycles. The molecule has 0 atom stereocenters. The Morgan fingerprint density at radius 2 is 2.06 bits per heavy atom. The zero-order valence-electron chi connectivity index (χ0n) is 11.6. The summed E-state index contributed by atoms with van der Waals surface area (Å²) in [6.07, 6.45) is 0. The van der Waals surface area contributed by atoms with E-state index in [0.29, 0.717) is 6.61 Å². The van der Waals surface area contributed by atoms with Crippen molar-refractivity contribution >= 4 is 15.9 Å². The normalized spacial score (nSPS) is 11.4. The number of hydrogen-bond donors (Lipinski definition) is 1. The van der Waals surface area contributed by atoms with E-state index in [4.69, 9.17) is 4.74 Å². The minimum Gasteiger partial charge on any atom is -0.488 e. The summed E-state index contributed by atoms with van der Waals surface area (Å²) in [4.78, 5) is 0. The van der Waals surface area contributed by atoms with Gasteiger partial charge in [-0.05, 0) is 66.9 Å². The first-order valence-corrected chi connectivity index (χ1v) is 6.88. The second-order valence-corrected chi connectivity index (χ2v) is 6.47. The summed E-state index contributed by atoms with van der Waals surface area (Å²) >= 11 is 3.54. The molecule has 3 heteroatoms. The Labute approximate surface area is 119 Å². The van der Waals surface area contributed by atoms with Gasteiger partial charge in [0.25, 0.3) is 0 Å². The summed E-state index contributed by atoms with van der Waals surface area (Å²) < 4.78 is 6.62. The third kappa shape index (κ3) is 5.69. The van der Waals surface area contributed by atoms with Crippen LogP contribution in [-0.4, -0.2) is 12.1 Å². The maximum Gasteiger partial charge on any atom is 0.133 e. The predicted octanol–water partition coefficient (Wildman–Crippen LogP) is 4.29. The van der Waals surface area contributed by atoms with Crippen LogP contribution in [0.1, 0.15) is 33.3 Å². The maximum atomic E-state index is 5.63. The van der Waals surface area contributed by atoms with Crippen LogP contribution < -0.4 is 10.1 Å². The molecule has 0 aliphatic heterocycles. The molecular formula is C15H22BrNO. The summed E-state index contributed by atoms with van der Waals surface area (Å²) in [5.74, 6) is 0.859. The molecule has 0 aliphatic rings. The summed E-state index contributed by atoms with van der Waals surface area (Å²) in [6.45, 7) is 13.7. The largest absolute Gasteiger partial charge is 0.488 e. The van der Waals surface area contributed by atoms with Crippen LogP contribution in [0.5, 0.6) is 5.75 Å². The predicted molar refractivity (Wildman–Crippen MR) is 81.0 cm³/mol. The van der Waals surface area contributed by atoms with Crippen LogP contribution in [-0.2, 0) is 6.54 Å². The first kappa shape index (κ1) is 15.3. The molecule has 0 aromatic heterocycles. The maximum absolute atomic E-state index is 5.63. The Kier molecular flexibility index (Phi) is 5.42. The number of rotatable bonds is 5. The van der Waals surface area contributed by atoms with E-state index in [9.17, 15) is 0 Å². The highest BCUT2D eigenvalue weighted by atomic mass is 79.9. The lowest BCUT2D eigenvalue weighted by molar-refractivity contribution is 0.350. The van der Waals surface area contributed by atoms with Crippen molar-refractivity contribution in [2.24, 2.45) is 0 Å². The van der Waals surface area contributed by atoms with Gasteiger partial charge in [0.05, 0.1) is 4.47 Å². The van der Waals surface area contributed by atoms with Crippen molar-refractivity contribution in [2.75, 3.05) is 6.61 Å². The molecular weight excluding hydrogens is 290 g/mol. The number of ether oxygens (including phenoxy) is 1. The van der Waals surface area contributed by atoms with Crippen molar-refractivity contribution in [2.45, 2.75) is 39.8 Å². The summed E-state index contributed by atoms with van der Waals surface area (Å²) in [7, 11) is 0. The van der Waals surface area contributed by atoms with E-state index in [1.54, 1.807) is 0 Å². The summed E-state index contributed by atoms with van der Waals surface area (Å²) in [5, 5.41) is 3.46. The first-order valence-electron chi connectivity index (χ1n) is 6.08. The molecule has 100 valence electrons. The van der Waals surface area contributed by atoms with Crippen molar-refractivity contribution in [3.63, 3.8) is 0 Å². The Balaban J connectivity index is 2.64. The summed E-state index contributed by atoms with van der Waals surface area (Å²) in [6, 6.07) is 6.16. The van der Waals surface area contributed by atoms with Crippen molar-refractivity contribution in [3.05, 3.63) is 40.4 Å². The van der Waals surface area contributed by atoms with Crippen LogP contribution in [0, 0.1) is 0 Å². The van der Waals surface area contributed by atoms with E-state index in [0.717, 1.165) is 22.3 Å². The van der Waals surface area contributed by atoms with Gasteiger partial charge in [-0.3, -0.25) is 0 Å². The van der Waals surface area contributed by atoms with Crippen LogP contribution >= 0.6 is 15.9 Å². The van der Waals surface area contributed by atoms with E-state index in [1.165, 1.54) is 5.56 Å². The van der Waals surface area contributed by atoms with Crippen molar-refractivity contribution in [1.29, 1.82) is 0 Å². The Hall–Kier alpha value is -0.800. The number of nitrogens with one attached hydrogen (secondary N) is 1. The first-order chi connectivity index (χ1) is 8.28. The van der Waals surface area contributed by atoms with E-state index < -0.39 is 0 Å². The van der Waals surface area contributed by atoms with Crippen molar-refractivity contribution in [3.8, 4) is 5.75 Å². The summed E-state index contributed by atoms with van der Waals surface area (Å²) in [5.41, 5.74) is 2.38. The topological polar surface area (TPSA) is 21.3 Å². The molecule has 2 nitrogen and oxygen atoms in total. The smallest absolute Gasteiger partial charge is 0.133 e. The molecule has 0 unspecified atom stereocenters. The van der Waals surface area contributed by atoms with E-state index in [1.807, 2.05) is 13.0 Å². The third-order valence-electron chi connectivity index (χ3n) is 2.29. The van der Waals surface area contributed by atoms with Gasteiger partial charge in [-0.25, -0.2) is 0 Å². The van der Waals surface area contributed by atoms with Crippen molar-refractivity contribution < 1.29 is 4.74 Å². The quantitative estimate of drug-likeness (QED) is 0.819. The van der Waals surface area contributed by atoms with E-state index in [-0.39, 0.29) is 5.54 Å². The van der Waals surface area contributed by atoms with Crippen molar-refractivity contribution in [1.82, 2.24) is 5.32 Å². The number of hydrogen-bond acceptors (Lipinski definition) is 2. The highest BCUT2D eigenvalue weighted by Crippen LogP contribution is 2.26. The molecule has 1 N–H and O–H groups in total. The molecule has 0 radical (unpaired) electrons. The molecule has 0 amide bonds. The standard InChI is InChI=1S/C15H22BrNO/c1-11(2)10-18-14-7-6-12(8-13(14)16)9-17-15(3,4)5/h6-8,17H,1,9-10H2,2-5H3. The van der Waals surface area contributed by atoms with Crippen LogP contribution in [0.25, 0.3) is 0 Å². The second kappa shape index (κ2) is 6.39. The van der Waals surface area contributed by atoms with Gasteiger partial charge >= 0.3 is 0 Å². The molecule has 1 rings (SSSR count). The molecule has 1 aromatic rings. The van der Waals surface area contributed by atoms with Crippen LogP contribution in [0.15, 0.2) is 34.8 Å². The van der Waals surface area contributed by atoms with Gasteiger partial charge in [-0.2, -0.15) is 0 Å². The van der Waals surface area contributed by atoms with Crippen LogP contribution in [0.3, 0.4) is 0 Å². The number of benzene rings is 1. The van der Waals surface area contributed by atoms with Gasteiger partial charge in [0.2, 0.25) is 0 Å². The molecule has 0 aliphatic carbocycles. The molecule has 0 bridgehead atoms. The molecule has 18 heavy (non-hydrogen) atoms. The highest BCUT2D eigenvalue weighted by molar-refractivity contribution is 9.10. The zero-order chi connectivity index (χ0) is 13.8. The Bertz CT molecular complexity index is 421. The average molecular weight is 312 g/mol. The van der Waals surface area contributed by atoms with E-state index in [2.05, 4.69) is 60.7 Å². The van der Waals surface area contributed by atoms with Gasteiger partial charge in [-0.1, -0.05) is 12.6 Å². The van der Waals surface area contributed by atoms with E-state index >= 15 is 0 Å². The second-order valence-electron chi connectivity index (χ2n) is 5.61. The average Bonchev–Trinajstić information content (AvgIpc) is 2.24. The van der Waals surface area contributed by atoms with Gasteiger partial charge < -0.3 is 10.1 Å². The minimum atomic E-state index is 0.127. The third-order valence-corrected chi connectivity index (χ3v) is 2.91. The zero-order valence-corrected chi connectivity index (χ0v) is 13.2. The van der Waals surface area contributed by atoms with Gasteiger partial charge in [0, 0.05) is 12.1 Å². The Morgan fingerprint density at radius 1 is 1.39 bits per heavy atom. The molecule has 0 saturated carbocycles. The van der Waals surface area contributed by atoms with Gasteiger partial charge in [-0.15, -0.1) is 0 Å². The molecule has 0 fully saturated rings. The lowest BCUT2D eigenvalue weighted by Crippen LogP contribution is -2.35. The lowest BCUT2D eigenvalue weighted by atomic mass is 10.1. The lowest BCUT2D eigenvalue weighted by Gasteiger charge is -2.20. The van der Waals surface area contributed by atoms with Gasteiger partial charge in [0.15, 0.2) is 0 Å². The highest BCUT2D eigenvalue weighted by Gasteiger charge is 2.09. The SMILES string of the molecule is C=C(C)COc1ccc(CNC(C)(C)C)cc1Br. The van der Waals surface area contributed by atoms with Crippen LogP contribution in [0.4, 0.5) is 0 Å². The fourth-order valence-electron chi connectivity index (χ4n) is 1.34. The minimum absolute atomic E-state index is 0.127. The van der Waals surface area contributed by atoms with Crippen LogP contribution in [0.2, 0.25) is 0 Å². The fraction of sp³-hybridized carbons (Fsp3) is 0.467. The van der Waals surface area contributed by atoms with Gasteiger partial charge in [0.1, 0.15) is 12.4 Å². The Morgan fingerprint density at radius 3 is 2.56 bits per heavy atom. The fourth-order valence-corrected chi connectivity index (χ4v) is 1.88. The molecule has 0 heterocycles. The number of halogens is 1. The molecule has 1 aromatic carbocycles.